The number of imidazole rings is 1. The number of fused-ring (bicyclic) bond motifs is 3. The van der Waals surface area contributed by atoms with Crippen LogP contribution in [0.1, 0.15) is 55.2 Å². The van der Waals surface area contributed by atoms with E-state index in [0.29, 0.717) is 11.8 Å². The molecule has 3 aromatic rings. The molecule has 0 bridgehead atoms. The van der Waals surface area contributed by atoms with Crippen LogP contribution in [-0.2, 0) is 0 Å². The van der Waals surface area contributed by atoms with Crippen LogP contribution >= 0.6 is 0 Å². The molecule has 0 radical (unpaired) electrons. The molecule has 2 aliphatic rings. The largest absolute Gasteiger partial charge is 0.393 e. The van der Waals surface area contributed by atoms with Crippen molar-refractivity contribution >= 4 is 0 Å². The minimum Gasteiger partial charge on any atom is -0.393 e. The summed E-state index contributed by atoms with van der Waals surface area (Å²) in [4.78, 5) is 4.34. The normalized spacial score (nSPS) is 25.0. The molecule has 0 spiro atoms. The molecule has 3 heteroatoms. The third-order valence-electron chi connectivity index (χ3n) is 6.65. The van der Waals surface area contributed by atoms with E-state index in [1.165, 1.54) is 35.2 Å². The van der Waals surface area contributed by atoms with Crippen LogP contribution in [0, 0.1) is 5.92 Å². The number of aromatic nitrogens is 2. The first kappa shape index (κ1) is 16.8. The molecule has 0 amide bonds. The number of hydrogen-bond acceptors (Lipinski definition) is 2. The number of aliphatic hydroxyl groups is 1. The smallest absolute Gasteiger partial charge is 0.0956 e. The van der Waals surface area contributed by atoms with Crippen molar-refractivity contribution in [2.45, 2.75) is 50.2 Å². The quantitative estimate of drug-likeness (QED) is 0.698. The zero-order valence-corrected chi connectivity index (χ0v) is 15.5. The predicted molar refractivity (Wildman–Crippen MR) is 108 cm³/mol. The highest BCUT2D eigenvalue weighted by atomic mass is 16.3. The van der Waals surface area contributed by atoms with Crippen LogP contribution in [-0.4, -0.2) is 20.8 Å². The summed E-state index contributed by atoms with van der Waals surface area (Å²) in [5.41, 5.74) is 5.22. The maximum absolute atomic E-state index is 11.0. The molecule has 2 heterocycles. The van der Waals surface area contributed by atoms with E-state index < -0.39 is 0 Å². The van der Waals surface area contributed by atoms with E-state index in [2.05, 4.69) is 64.1 Å². The van der Waals surface area contributed by atoms with E-state index in [1.54, 1.807) is 0 Å². The Labute approximate surface area is 160 Å². The highest BCUT2D eigenvalue weighted by molar-refractivity contribution is 5.68. The van der Waals surface area contributed by atoms with Gasteiger partial charge in [-0.15, -0.1) is 0 Å². The predicted octanol–water partition coefficient (Wildman–Crippen LogP) is 5.18. The first-order valence-corrected chi connectivity index (χ1v) is 10.2. The molecule has 5 rings (SSSR count). The summed E-state index contributed by atoms with van der Waals surface area (Å²) in [6, 6.07) is 19.6. The SMILES string of the molecule is OC(CC1c2ccccc2-c2cncn21)C1CCC(c2ccccc2)CC1. The lowest BCUT2D eigenvalue weighted by Crippen LogP contribution is -2.27. The lowest BCUT2D eigenvalue weighted by molar-refractivity contribution is 0.0653. The first-order valence-electron chi connectivity index (χ1n) is 10.2. The van der Waals surface area contributed by atoms with Crippen LogP contribution in [0.15, 0.2) is 67.1 Å². The zero-order chi connectivity index (χ0) is 18.2. The highest BCUT2D eigenvalue weighted by Gasteiger charge is 2.33. The van der Waals surface area contributed by atoms with Gasteiger partial charge in [0.05, 0.1) is 30.4 Å². The van der Waals surface area contributed by atoms with Crippen molar-refractivity contribution in [2.24, 2.45) is 5.92 Å². The second kappa shape index (κ2) is 6.97. The Morgan fingerprint density at radius 1 is 0.963 bits per heavy atom. The Kier molecular flexibility index (Phi) is 4.33. The fourth-order valence-corrected chi connectivity index (χ4v) is 5.16. The molecule has 0 saturated heterocycles. The molecular weight excluding hydrogens is 332 g/mol. The second-order valence-electron chi connectivity index (χ2n) is 8.11. The Bertz CT molecular complexity index is 909. The standard InChI is InChI=1S/C24H26N2O/c27-24(19-12-10-18(11-13-19)17-6-2-1-3-7-17)14-22-20-8-4-5-9-21(20)23-15-25-16-26(22)23/h1-9,15-16,18-19,22,24,27H,10-14H2. The molecule has 1 aromatic heterocycles. The minimum absolute atomic E-state index is 0.209. The number of benzene rings is 2. The number of aliphatic hydroxyl groups excluding tert-OH is 1. The molecule has 1 N–H and O–H groups in total. The van der Waals surface area contributed by atoms with Crippen molar-refractivity contribution in [3.63, 3.8) is 0 Å². The van der Waals surface area contributed by atoms with Gasteiger partial charge in [-0.3, -0.25) is 0 Å². The van der Waals surface area contributed by atoms with E-state index in [1.807, 2.05) is 12.5 Å². The van der Waals surface area contributed by atoms with Crippen molar-refractivity contribution in [1.82, 2.24) is 9.55 Å². The topological polar surface area (TPSA) is 38.1 Å². The molecule has 3 nitrogen and oxygen atoms in total. The van der Waals surface area contributed by atoms with Gasteiger partial charge in [0.15, 0.2) is 0 Å². The van der Waals surface area contributed by atoms with Gasteiger partial charge in [-0.1, -0.05) is 54.6 Å². The van der Waals surface area contributed by atoms with Gasteiger partial charge in [0.25, 0.3) is 0 Å². The molecular formula is C24H26N2O. The maximum atomic E-state index is 11.0. The summed E-state index contributed by atoms with van der Waals surface area (Å²) in [5.74, 6) is 1.06. The monoisotopic (exact) mass is 358 g/mol. The van der Waals surface area contributed by atoms with Gasteiger partial charge in [0.1, 0.15) is 0 Å². The van der Waals surface area contributed by atoms with Crippen LogP contribution in [0.5, 0.6) is 0 Å². The van der Waals surface area contributed by atoms with Crippen LogP contribution in [0.25, 0.3) is 11.3 Å². The van der Waals surface area contributed by atoms with Crippen LogP contribution in [0.4, 0.5) is 0 Å². The molecule has 1 aliphatic heterocycles. The lowest BCUT2D eigenvalue weighted by Gasteiger charge is -2.33. The van der Waals surface area contributed by atoms with E-state index in [-0.39, 0.29) is 12.1 Å². The maximum Gasteiger partial charge on any atom is 0.0956 e. The van der Waals surface area contributed by atoms with E-state index in [4.69, 9.17) is 0 Å². The van der Waals surface area contributed by atoms with Gasteiger partial charge in [-0.05, 0) is 55.1 Å². The van der Waals surface area contributed by atoms with Gasteiger partial charge in [-0.2, -0.15) is 0 Å². The van der Waals surface area contributed by atoms with E-state index in [9.17, 15) is 5.11 Å². The van der Waals surface area contributed by atoms with E-state index in [0.717, 1.165) is 19.3 Å². The summed E-state index contributed by atoms with van der Waals surface area (Å²) in [5, 5.41) is 11.0. The molecule has 2 unspecified atom stereocenters. The molecule has 1 aliphatic carbocycles. The lowest BCUT2D eigenvalue weighted by atomic mass is 9.75. The third-order valence-corrected chi connectivity index (χ3v) is 6.65. The Balaban J connectivity index is 1.28. The first-order chi connectivity index (χ1) is 13.3. The molecule has 2 atom stereocenters. The Morgan fingerprint density at radius 3 is 2.52 bits per heavy atom. The summed E-state index contributed by atoms with van der Waals surface area (Å²) in [6.45, 7) is 0. The summed E-state index contributed by atoms with van der Waals surface area (Å²) >= 11 is 0. The fourth-order valence-electron chi connectivity index (χ4n) is 5.16. The average molecular weight is 358 g/mol. The number of nitrogens with zero attached hydrogens (tertiary/aromatic N) is 2. The van der Waals surface area contributed by atoms with Crippen LogP contribution in [0.3, 0.4) is 0 Å². The highest BCUT2D eigenvalue weighted by Crippen LogP contribution is 2.44. The molecule has 27 heavy (non-hydrogen) atoms. The van der Waals surface area contributed by atoms with E-state index >= 15 is 0 Å². The average Bonchev–Trinajstić information content (AvgIpc) is 3.32. The summed E-state index contributed by atoms with van der Waals surface area (Å²) in [7, 11) is 0. The summed E-state index contributed by atoms with van der Waals surface area (Å²) in [6.07, 6.45) is 8.98. The van der Waals surface area contributed by atoms with Gasteiger partial charge in [0.2, 0.25) is 0 Å². The number of rotatable bonds is 4. The van der Waals surface area contributed by atoms with Crippen LogP contribution in [0.2, 0.25) is 0 Å². The fraction of sp³-hybridized carbons (Fsp3) is 0.375. The van der Waals surface area contributed by atoms with Gasteiger partial charge >= 0.3 is 0 Å². The molecule has 2 aromatic carbocycles. The van der Waals surface area contributed by atoms with Crippen molar-refractivity contribution in [3.05, 3.63) is 78.2 Å². The van der Waals surface area contributed by atoms with Crippen molar-refractivity contribution in [3.8, 4) is 11.3 Å². The third kappa shape index (κ3) is 3.00. The minimum atomic E-state index is -0.256. The molecule has 1 saturated carbocycles. The van der Waals surface area contributed by atoms with Gasteiger partial charge in [-0.25, -0.2) is 4.98 Å². The number of hydrogen-bond donors (Lipinski definition) is 1. The Hall–Kier alpha value is -2.39. The van der Waals surface area contributed by atoms with Gasteiger partial charge in [0, 0.05) is 5.56 Å². The van der Waals surface area contributed by atoms with Gasteiger partial charge < -0.3 is 9.67 Å². The molecule has 1 fully saturated rings. The Morgan fingerprint density at radius 2 is 1.70 bits per heavy atom. The summed E-state index contributed by atoms with van der Waals surface area (Å²) < 4.78 is 2.24. The zero-order valence-electron chi connectivity index (χ0n) is 15.5. The second-order valence-corrected chi connectivity index (χ2v) is 8.11. The van der Waals surface area contributed by atoms with Crippen LogP contribution < -0.4 is 0 Å². The van der Waals surface area contributed by atoms with Crippen molar-refractivity contribution in [2.75, 3.05) is 0 Å². The molecule has 138 valence electrons. The van der Waals surface area contributed by atoms with Crippen molar-refractivity contribution < 1.29 is 5.11 Å². The van der Waals surface area contributed by atoms with Crippen molar-refractivity contribution in [1.29, 1.82) is 0 Å².